The Morgan fingerprint density at radius 3 is 2.67 bits per heavy atom. The summed E-state index contributed by atoms with van der Waals surface area (Å²) < 4.78 is 5.37. The normalized spacial score (nSPS) is 20.7. The summed E-state index contributed by atoms with van der Waals surface area (Å²) in [5.41, 5.74) is 1.13. The first-order chi connectivity index (χ1) is 7.24. The first-order valence-corrected chi connectivity index (χ1v) is 5.89. The summed E-state index contributed by atoms with van der Waals surface area (Å²) in [5, 5.41) is 0. The Hall–Kier alpha value is -0.600. The van der Waals surface area contributed by atoms with E-state index in [-0.39, 0.29) is 0 Å². The van der Waals surface area contributed by atoms with Gasteiger partial charge < -0.3 is 4.74 Å². The molecule has 1 aliphatic rings. The van der Waals surface area contributed by atoms with Crippen LogP contribution in [0, 0.1) is 0 Å². The lowest BCUT2D eigenvalue weighted by Crippen LogP contribution is -2.42. The topological polar surface area (TPSA) is 12.5 Å². The highest BCUT2D eigenvalue weighted by Gasteiger charge is 2.17. The van der Waals surface area contributed by atoms with Crippen LogP contribution >= 0.6 is 0 Å². The minimum Gasteiger partial charge on any atom is -0.379 e. The summed E-state index contributed by atoms with van der Waals surface area (Å²) in [6, 6.07) is 0.565. The largest absolute Gasteiger partial charge is 0.379 e. The Bertz CT molecular complexity index is 217. The van der Waals surface area contributed by atoms with Crippen molar-refractivity contribution >= 4 is 0 Å². The van der Waals surface area contributed by atoms with Crippen molar-refractivity contribution in [2.24, 2.45) is 0 Å². The Labute approximate surface area is 93.6 Å². The van der Waals surface area contributed by atoms with Crippen LogP contribution in [-0.4, -0.2) is 37.2 Å². The van der Waals surface area contributed by atoms with Crippen LogP contribution in [0.4, 0.5) is 0 Å². The second-order valence-electron chi connectivity index (χ2n) is 4.21. The first kappa shape index (κ1) is 12.5. The quantitative estimate of drug-likeness (QED) is 0.645. The average molecular weight is 209 g/mol. The Balaban J connectivity index is 2.50. The summed E-state index contributed by atoms with van der Waals surface area (Å²) in [7, 11) is 0. The highest BCUT2D eigenvalue weighted by atomic mass is 16.5. The van der Waals surface area contributed by atoms with Gasteiger partial charge >= 0.3 is 0 Å². The van der Waals surface area contributed by atoms with Gasteiger partial charge in [-0.25, -0.2) is 0 Å². The molecule has 0 aliphatic carbocycles. The van der Waals surface area contributed by atoms with E-state index in [1.165, 1.54) is 12.8 Å². The molecule has 86 valence electrons. The molecule has 0 radical (unpaired) electrons. The molecule has 15 heavy (non-hydrogen) atoms. The number of hydrogen-bond donors (Lipinski definition) is 0. The maximum absolute atomic E-state index is 5.37. The average Bonchev–Trinajstić information content (AvgIpc) is 2.25. The van der Waals surface area contributed by atoms with Gasteiger partial charge in [0.25, 0.3) is 0 Å². The minimum absolute atomic E-state index is 0.565. The maximum Gasteiger partial charge on any atom is 0.0594 e. The van der Waals surface area contributed by atoms with E-state index in [9.17, 15) is 0 Å². The van der Waals surface area contributed by atoms with Crippen molar-refractivity contribution in [1.29, 1.82) is 0 Å². The van der Waals surface area contributed by atoms with Gasteiger partial charge in [-0.1, -0.05) is 37.6 Å². The molecule has 1 aliphatic heterocycles. The number of allylic oxidation sites excluding steroid dienone is 2. The molecular formula is C13H23NO. The van der Waals surface area contributed by atoms with Gasteiger partial charge in [0.15, 0.2) is 0 Å². The molecule has 0 spiro atoms. The molecular weight excluding hydrogens is 186 g/mol. The van der Waals surface area contributed by atoms with E-state index in [2.05, 4.69) is 30.6 Å². The van der Waals surface area contributed by atoms with Crippen molar-refractivity contribution in [3.63, 3.8) is 0 Å². The van der Waals surface area contributed by atoms with Gasteiger partial charge in [-0.15, -0.1) is 0 Å². The van der Waals surface area contributed by atoms with Crippen molar-refractivity contribution in [2.75, 3.05) is 26.3 Å². The van der Waals surface area contributed by atoms with E-state index in [1.54, 1.807) is 0 Å². The highest BCUT2D eigenvalue weighted by Crippen LogP contribution is 2.11. The molecule has 1 fully saturated rings. The molecule has 0 N–H and O–H groups in total. The van der Waals surface area contributed by atoms with Gasteiger partial charge in [-0.05, 0) is 13.3 Å². The number of hydrogen-bond acceptors (Lipinski definition) is 2. The molecule has 1 rings (SSSR count). The first-order valence-electron chi connectivity index (χ1n) is 5.89. The van der Waals surface area contributed by atoms with Crippen LogP contribution in [-0.2, 0) is 4.74 Å². The highest BCUT2D eigenvalue weighted by molar-refractivity contribution is 5.13. The number of morpholine rings is 1. The Kier molecular flexibility index (Phi) is 5.66. The molecule has 0 aromatic heterocycles. The molecule has 1 unspecified atom stereocenters. The fourth-order valence-corrected chi connectivity index (χ4v) is 1.88. The zero-order chi connectivity index (χ0) is 11.1. The third-order valence-electron chi connectivity index (χ3n) is 2.70. The second kappa shape index (κ2) is 6.81. The lowest BCUT2D eigenvalue weighted by atomic mass is 10.1. The van der Waals surface area contributed by atoms with Crippen LogP contribution in [0.25, 0.3) is 0 Å². The van der Waals surface area contributed by atoms with Gasteiger partial charge in [-0.2, -0.15) is 0 Å². The Morgan fingerprint density at radius 2 is 2.13 bits per heavy atom. The van der Waals surface area contributed by atoms with E-state index in [0.717, 1.165) is 31.9 Å². The fourth-order valence-electron chi connectivity index (χ4n) is 1.88. The summed E-state index contributed by atoms with van der Waals surface area (Å²) in [6.07, 6.45) is 6.87. The molecule has 2 heteroatoms. The third kappa shape index (κ3) is 4.63. The van der Waals surface area contributed by atoms with Gasteiger partial charge in [-0.3, -0.25) is 4.90 Å². The molecule has 2 nitrogen and oxygen atoms in total. The van der Waals surface area contributed by atoms with Crippen LogP contribution < -0.4 is 0 Å². The van der Waals surface area contributed by atoms with Crippen LogP contribution in [0.2, 0.25) is 0 Å². The zero-order valence-corrected chi connectivity index (χ0v) is 10.0. The summed E-state index contributed by atoms with van der Waals surface area (Å²) in [5.74, 6) is 0. The van der Waals surface area contributed by atoms with Crippen LogP contribution in [0.5, 0.6) is 0 Å². The zero-order valence-electron chi connectivity index (χ0n) is 10.0. The van der Waals surface area contributed by atoms with Crippen molar-refractivity contribution in [1.82, 2.24) is 4.90 Å². The van der Waals surface area contributed by atoms with Gasteiger partial charge in [0, 0.05) is 19.1 Å². The molecule has 0 saturated carbocycles. The monoisotopic (exact) mass is 209 g/mol. The summed E-state index contributed by atoms with van der Waals surface area (Å²) in [4.78, 5) is 2.51. The van der Waals surface area contributed by atoms with E-state index in [1.807, 2.05) is 6.92 Å². The molecule has 0 bridgehead atoms. The number of rotatable bonds is 5. The SMILES string of the molecule is C=C(C)/C=C\C(CCC)N1CCOCC1. The van der Waals surface area contributed by atoms with E-state index in [0.29, 0.717) is 6.04 Å². The lowest BCUT2D eigenvalue weighted by molar-refractivity contribution is 0.0241. The molecule has 1 atom stereocenters. The molecule has 0 aromatic carbocycles. The lowest BCUT2D eigenvalue weighted by Gasteiger charge is -2.32. The van der Waals surface area contributed by atoms with E-state index in [4.69, 9.17) is 4.74 Å². The van der Waals surface area contributed by atoms with Crippen LogP contribution in [0.15, 0.2) is 24.3 Å². The van der Waals surface area contributed by atoms with Crippen molar-refractivity contribution in [2.45, 2.75) is 32.7 Å². The standard InChI is InChI=1S/C13H23NO/c1-4-5-13(7-6-12(2)3)14-8-10-15-11-9-14/h6-7,13H,2,4-5,8-11H2,1,3H3/b7-6-. The van der Waals surface area contributed by atoms with Gasteiger partial charge in [0.05, 0.1) is 13.2 Å². The Morgan fingerprint density at radius 1 is 1.47 bits per heavy atom. The van der Waals surface area contributed by atoms with Gasteiger partial charge in [0.1, 0.15) is 0 Å². The molecule has 0 amide bonds. The number of ether oxygens (including phenoxy) is 1. The van der Waals surface area contributed by atoms with E-state index < -0.39 is 0 Å². The second-order valence-corrected chi connectivity index (χ2v) is 4.21. The van der Waals surface area contributed by atoms with Crippen molar-refractivity contribution in [3.8, 4) is 0 Å². The van der Waals surface area contributed by atoms with E-state index >= 15 is 0 Å². The molecule has 0 aromatic rings. The maximum atomic E-state index is 5.37. The fraction of sp³-hybridized carbons (Fsp3) is 0.692. The molecule has 1 saturated heterocycles. The van der Waals surface area contributed by atoms with Gasteiger partial charge in [0.2, 0.25) is 0 Å². The summed E-state index contributed by atoms with van der Waals surface area (Å²) >= 11 is 0. The van der Waals surface area contributed by atoms with Crippen LogP contribution in [0.3, 0.4) is 0 Å². The smallest absolute Gasteiger partial charge is 0.0594 e. The predicted octanol–water partition coefficient (Wildman–Crippen LogP) is 2.62. The number of nitrogens with zero attached hydrogens (tertiary/aromatic N) is 1. The predicted molar refractivity (Wildman–Crippen MR) is 65.0 cm³/mol. The minimum atomic E-state index is 0.565. The summed E-state index contributed by atoms with van der Waals surface area (Å²) in [6.45, 7) is 12.1. The van der Waals surface area contributed by atoms with Crippen molar-refractivity contribution in [3.05, 3.63) is 24.3 Å². The third-order valence-corrected chi connectivity index (χ3v) is 2.70. The van der Waals surface area contributed by atoms with Crippen molar-refractivity contribution < 1.29 is 4.74 Å². The van der Waals surface area contributed by atoms with Crippen LogP contribution in [0.1, 0.15) is 26.7 Å². The molecule has 1 heterocycles.